The number of hydrogen-bond acceptors (Lipinski definition) is 4. The first kappa shape index (κ1) is 51.0. The number of furan rings is 2. The van der Waals surface area contributed by atoms with Gasteiger partial charge in [0.1, 0.15) is 22.3 Å². The molecule has 16 aromatic rings. The van der Waals surface area contributed by atoms with Crippen LogP contribution in [0.5, 0.6) is 0 Å². The lowest BCUT2D eigenvalue weighted by Crippen LogP contribution is -2.29. The molecule has 0 bridgehead atoms. The Bertz CT molecular complexity index is 5360. The van der Waals surface area contributed by atoms with Gasteiger partial charge in [0, 0.05) is 33.3 Å². The van der Waals surface area contributed by atoms with Crippen LogP contribution in [0, 0.1) is 0 Å². The first-order chi connectivity index (χ1) is 45.7. The number of para-hydroxylation sites is 4. The van der Waals surface area contributed by atoms with Gasteiger partial charge in [0.15, 0.2) is 0 Å². The van der Waals surface area contributed by atoms with Crippen LogP contribution in [0.2, 0.25) is 0 Å². The maximum Gasteiger partial charge on any atom is 0.137 e. The van der Waals surface area contributed by atoms with Crippen LogP contribution in [0.3, 0.4) is 0 Å². The van der Waals surface area contributed by atoms with Crippen molar-refractivity contribution < 1.29 is 8.83 Å². The summed E-state index contributed by atoms with van der Waals surface area (Å²) >= 11 is 0. The van der Waals surface area contributed by atoms with Gasteiger partial charge in [0.25, 0.3) is 0 Å². The molecule has 20 rings (SSSR count). The van der Waals surface area contributed by atoms with Crippen molar-refractivity contribution in [2.45, 2.75) is 10.8 Å². The summed E-state index contributed by atoms with van der Waals surface area (Å²) in [6, 6.07) is 121. The molecule has 0 saturated heterocycles. The van der Waals surface area contributed by atoms with Crippen molar-refractivity contribution in [3.8, 4) is 44.5 Å². The summed E-state index contributed by atoms with van der Waals surface area (Å²) in [4.78, 5) is 5.03. The van der Waals surface area contributed by atoms with Crippen molar-refractivity contribution in [2.24, 2.45) is 0 Å². The second-order valence-electron chi connectivity index (χ2n) is 24.8. The average Bonchev–Trinajstić information content (AvgIpc) is 1.46. The Kier molecular flexibility index (Phi) is 10.7. The first-order valence-corrected chi connectivity index (χ1v) is 31.8. The van der Waals surface area contributed by atoms with Crippen molar-refractivity contribution in [2.75, 3.05) is 9.80 Å². The number of fused-ring (bicyclic) bond motifs is 24. The maximum absolute atomic E-state index is 6.74. The minimum Gasteiger partial charge on any atom is -0.456 e. The number of nitrogens with zero attached hydrogens (tertiary/aromatic N) is 2. The molecule has 4 heteroatoms. The zero-order valence-corrected chi connectivity index (χ0v) is 49.9. The van der Waals surface area contributed by atoms with Crippen LogP contribution in [-0.4, -0.2) is 0 Å². The second kappa shape index (κ2) is 19.3. The van der Waals surface area contributed by atoms with Crippen LogP contribution in [0.1, 0.15) is 44.5 Å². The Balaban J connectivity index is 0.909. The highest BCUT2D eigenvalue weighted by molar-refractivity contribution is 6.21. The summed E-state index contributed by atoms with van der Waals surface area (Å²) in [5.41, 5.74) is 30.5. The van der Waals surface area contributed by atoms with Gasteiger partial charge in [-0.3, -0.25) is 0 Å². The molecule has 0 fully saturated rings. The topological polar surface area (TPSA) is 32.8 Å². The molecule has 4 nitrogen and oxygen atoms in total. The molecule has 428 valence electrons. The zero-order chi connectivity index (χ0) is 60.2. The third-order valence-corrected chi connectivity index (χ3v) is 20.5. The van der Waals surface area contributed by atoms with E-state index in [9.17, 15) is 0 Å². The predicted molar refractivity (Wildman–Crippen MR) is 378 cm³/mol. The molecular formula is C88H54N2O2. The van der Waals surface area contributed by atoms with Crippen LogP contribution >= 0.6 is 0 Å². The van der Waals surface area contributed by atoms with Crippen molar-refractivity contribution in [3.05, 3.63) is 372 Å². The zero-order valence-electron chi connectivity index (χ0n) is 49.9. The fraction of sp³-hybridized carbons (Fsp3) is 0.0227. The summed E-state index contributed by atoms with van der Waals surface area (Å²) in [7, 11) is 0. The summed E-state index contributed by atoms with van der Waals surface area (Å²) in [5.74, 6) is 0. The van der Waals surface area contributed by atoms with E-state index in [1.807, 2.05) is 0 Å². The van der Waals surface area contributed by atoms with Crippen molar-refractivity contribution in [1.82, 2.24) is 0 Å². The Morgan fingerprint density at radius 3 is 0.935 bits per heavy atom. The highest BCUT2D eigenvalue weighted by Gasteiger charge is 2.64. The number of allylic oxidation sites excluding steroid dienone is 2. The molecule has 14 aromatic carbocycles. The molecule has 0 radical (unpaired) electrons. The number of hydrogen-bond donors (Lipinski definition) is 0. The Hall–Kier alpha value is -12.0. The fourth-order valence-corrected chi connectivity index (χ4v) is 17.1. The number of benzene rings is 14. The van der Waals surface area contributed by atoms with Gasteiger partial charge in [0.2, 0.25) is 0 Å². The van der Waals surface area contributed by atoms with Gasteiger partial charge in [-0.1, -0.05) is 255 Å². The molecule has 0 amide bonds. The van der Waals surface area contributed by atoms with E-state index in [-0.39, 0.29) is 0 Å². The van der Waals surface area contributed by atoms with E-state index < -0.39 is 10.8 Å². The normalized spacial score (nSPS) is 14.0. The molecular weight excluding hydrogens is 1120 g/mol. The lowest BCUT2D eigenvalue weighted by molar-refractivity contribution is 0.668. The van der Waals surface area contributed by atoms with Gasteiger partial charge in [-0.05, 0) is 162 Å². The van der Waals surface area contributed by atoms with E-state index in [4.69, 9.17) is 8.83 Å². The van der Waals surface area contributed by atoms with Crippen molar-refractivity contribution >= 4 is 89.1 Å². The monoisotopic (exact) mass is 1170 g/mol. The van der Waals surface area contributed by atoms with Gasteiger partial charge in [-0.2, -0.15) is 0 Å². The van der Waals surface area contributed by atoms with Gasteiger partial charge in [-0.25, -0.2) is 0 Å². The van der Waals surface area contributed by atoms with Crippen LogP contribution in [0.25, 0.3) is 99.5 Å². The van der Waals surface area contributed by atoms with Crippen molar-refractivity contribution in [3.63, 3.8) is 0 Å². The van der Waals surface area contributed by atoms with Crippen LogP contribution in [-0.2, 0) is 10.8 Å². The predicted octanol–water partition coefficient (Wildman–Crippen LogP) is 23.3. The molecule has 0 N–H and O–H groups in total. The first-order valence-electron chi connectivity index (χ1n) is 31.8. The maximum atomic E-state index is 6.74. The molecule has 2 heterocycles. The third-order valence-electron chi connectivity index (χ3n) is 20.5. The summed E-state index contributed by atoms with van der Waals surface area (Å²) in [6.45, 7) is 0. The van der Waals surface area contributed by atoms with E-state index in [1.165, 1.54) is 77.9 Å². The molecule has 2 aromatic heterocycles. The van der Waals surface area contributed by atoms with E-state index in [0.29, 0.717) is 0 Å². The van der Waals surface area contributed by atoms with E-state index >= 15 is 0 Å². The highest BCUT2D eigenvalue weighted by atomic mass is 16.3. The standard InChI is InChI=1S/C88H54N2O2/c1-3-25-55(26-4-1)59-29-11-19-41-75(59)89(77-43-23-47-81-83(77)67-35-13-21-45-79(67)91-81)57-49-51-65-73(53-57)87(69-37-15-7-31-61(69)62-32-8-16-38-70(62)87)86-66-52-50-58(54-74(66)88(85(65)86)71-39-17-9-33-63(71)64-34-10-18-40-72(64)88)90(76-42-20-12-30-60(76)56-27-5-2-6-28-56)78-44-24-48-82-84(78)68-36-14-22-46-80(68)92-82/h1-54H. The molecule has 92 heavy (non-hydrogen) atoms. The molecule has 0 atom stereocenters. The lowest BCUT2D eigenvalue weighted by atomic mass is 9.66. The molecule has 0 aliphatic heterocycles. The van der Waals surface area contributed by atoms with Crippen molar-refractivity contribution in [1.29, 1.82) is 0 Å². The molecule has 4 aliphatic rings. The van der Waals surface area contributed by atoms with Gasteiger partial charge < -0.3 is 18.6 Å². The summed E-state index contributed by atoms with van der Waals surface area (Å²) < 4.78 is 13.5. The average molecular weight is 1170 g/mol. The summed E-state index contributed by atoms with van der Waals surface area (Å²) in [5, 5.41) is 4.29. The highest BCUT2D eigenvalue weighted by Crippen LogP contribution is 2.75. The second-order valence-corrected chi connectivity index (χ2v) is 24.8. The molecule has 2 spiro atoms. The van der Waals surface area contributed by atoms with E-state index in [2.05, 4.69) is 337 Å². The molecule has 0 saturated carbocycles. The van der Waals surface area contributed by atoms with E-state index in [0.717, 1.165) is 100 Å². The molecule has 0 unspecified atom stereocenters. The van der Waals surface area contributed by atoms with E-state index in [1.54, 1.807) is 0 Å². The minimum atomic E-state index is -0.778. The van der Waals surface area contributed by atoms with Crippen LogP contribution < -0.4 is 9.80 Å². The van der Waals surface area contributed by atoms with Gasteiger partial charge in [-0.15, -0.1) is 0 Å². The minimum absolute atomic E-state index is 0.778. The largest absolute Gasteiger partial charge is 0.456 e. The van der Waals surface area contributed by atoms with Gasteiger partial charge in [0.05, 0.1) is 44.4 Å². The SMILES string of the molecule is c1ccc(-c2ccccc2N(c2ccc3c(c2)C2(C4=C3C3(c5cc(N(c6ccccc6-c6ccccc6)c6cccc7oc8ccccc8c67)ccc54)c4ccccc4-c4ccccc43)c3ccccc3-c3ccccc32)c2cccc3oc4ccccc4c23)cc1. The Morgan fingerprint density at radius 1 is 0.217 bits per heavy atom. The fourth-order valence-electron chi connectivity index (χ4n) is 17.1. The Labute approximate surface area is 532 Å². The van der Waals surface area contributed by atoms with Crippen LogP contribution in [0.15, 0.2) is 336 Å². The molecule has 4 aliphatic carbocycles. The third kappa shape index (κ3) is 6.74. The summed E-state index contributed by atoms with van der Waals surface area (Å²) in [6.07, 6.45) is 0. The smallest absolute Gasteiger partial charge is 0.137 e. The van der Waals surface area contributed by atoms with Crippen LogP contribution in [0.4, 0.5) is 34.1 Å². The lowest BCUT2D eigenvalue weighted by Gasteiger charge is -2.37. The number of anilines is 6. The Morgan fingerprint density at radius 2 is 0.533 bits per heavy atom. The van der Waals surface area contributed by atoms with Gasteiger partial charge >= 0.3 is 0 Å². The quantitative estimate of drug-likeness (QED) is 0.152. The number of rotatable bonds is 8.